The summed E-state index contributed by atoms with van der Waals surface area (Å²) in [7, 11) is -1.08. The van der Waals surface area contributed by atoms with Crippen molar-refractivity contribution < 1.29 is 4.89 Å². The largest absolute Gasteiger partial charge is 0.379 e. The molecule has 0 aliphatic heterocycles. The van der Waals surface area contributed by atoms with Crippen LogP contribution in [-0.4, -0.2) is 11.9 Å². The van der Waals surface area contributed by atoms with Crippen LogP contribution in [0.2, 0.25) is 0 Å². The van der Waals surface area contributed by atoms with Crippen LogP contribution in [0.4, 0.5) is 0 Å². The third kappa shape index (κ3) is 3.44. The zero-order valence-electron chi connectivity index (χ0n) is 10.9. The third-order valence-corrected chi connectivity index (χ3v) is 4.56. The van der Waals surface area contributed by atoms with Gasteiger partial charge in [0.2, 0.25) is 7.00 Å². The average Bonchev–Trinajstić information content (AvgIpc) is 2.40. The fourth-order valence-corrected chi connectivity index (χ4v) is 3.16. The molecule has 92 valence electrons. The zero-order chi connectivity index (χ0) is 13.0. The van der Waals surface area contributed by atoms with Gasteiger partial charge in [0.1, 0.15) is 0 Å². The lowest BCUT2D eigenvalue weighted by Gasteiger charge is -2.11. The molecule has 0 saturated carbocycles. The van der Waals surface area contributed by atoms with Crippen LogP contribution in [0.15, 0.2) is 54.6 Å². The van der Waals surface area contributed by atoms with Gasteiger partial charge in [-0.1, -0.05) is 73.9 Å². The molecule has 1 atom stereocenters. The van der Waals surface area contributed by atoms with Crippen molar-refractivity contribution in [1.82, 2.24) is 0 Å². The summed E-state index contributed by atoms with van der Waals surface area (Å²) < 4.78 is 0. The molecule has 0 saturated heterocycles. The molecule has 2 aromatic rings. The molecule has 3 heteroatoms. The first-order chi connectivity index (χ1) is 8.66. The first kappa shape index (κ1) is 13.3. The Morgan fingerprint density at radius 2 is 1.72 bits per heavy atom. The predicted octanol–water partition coefficient (Wildman–Crippen LogP) is 2.50. The van der Waals surface area contributed by atoms with Gasteiger partial charge >= 0.3 is 0 Å². The van der Waals surface area contributed by atoms with E-state index in [1.807, 2.05) is 30.3 Å². The Morgan fingerprint density at radius 1 is 1.00 bits per heavy atom. The van der Waals surface area contributed by atoms with Crippen LogP contribution in [0.25, 0.3) is 0 Å². The summed E-state index contributed by atoms with van der Waals surface area (Å²) in [4.78, 5) is 10.3. The van der Waals surface area contributed by atoms with Crippen molar-refractivity contribution in [1.29, 1.82) is 0 Å². The number of benzene rings is 2. The van der Waals surface area contributed by atoms with E-state index in [9.17, 15) is 4.89 Å². The number of hydrogen-bond donors (Lipinski definition) is 1. The van der Waals surface area contributed by atoms with Gasteiger partial charge in [-0.2, -0.15) is 0 Å². The van der Waals surface area contributed by atoms with E-state index < -0.39 is 8.03 Å². The van der Waals surface area contributed by atoms with E-state index in [-0.39, 0.29) is 0 Å². The predicted molar refractivity (Wildman–Crippen MR) is 82.5 cm³/mol. The lowest BCUT2D eigenvalue weighted by molar-refractivity contribution is 0.649. The zero-order valence-corrected chi connectivity index (χ0v) is 11.8. The molecule has 0 fully saturated rings. The van der Waals surface area contributed by atoms with E-state index in [0.717, 1.165) is 12.3 Å². The van der Waals surface area contributed by atoms with Gasteiger partial charge in [-0.15, -0.1) is 0 Å². The number of rotatable bonds is 4. The second-order valence-electron chi connectivity index (χ2n) is 4.79. The maximum absolute atomic E-state index is 10.3. The Bertz CT molecular complexity index is 499. The molecule has 0 spiro atoms. The van der Waals surface area contributed by atoms with Crippen molar-refractivity contribution in [3.8, 4) is 0 Å². The summed E-state index contributed by atoms with van der Waals surface area (Å²) in [5.74, 6) is 0.534. The highest BCUT2D eigenvalue weighted by Crippen LogP contribution is 2.25. The SMILES string of the molecule is CC(C)c1cccc(BP(O)c2ccccc2)c1. The standard InChI is InChI=1S/C15H18BOP/c1-12(2)13-7-6-8-14(11-13)16-18(17)15-9-4-3-5-10-15/h3-12,16-17H,1-2H3. The van der Waals surface area contributed by atoms with Crippen molar-refractivity contribution in [3.05, 3.63) is 60.2 Å². The summed E-state index contributed by atoms with van der Waals surface area (Å²) >= 11 is 0. The first-order valence-electron chi connectivity index (χ1n) is 6.27. The molecular weight excluding hydrogens is 238 g/mol. The van der Waals surface area contributed by atoms with Crippen LogP contribution in [0, 0.1) is 0 Å². The molecule has 0 heterocycles. The maximum atomic E-state index is 10.3. The topological polar surface area (TPSA) is 20.2 Å². The fourth-order valence-electron chi connectivity index (χ4n) is 1.91. The summed E-state index contributed by atoms with van der Waals surface area (Å²) in [6, 6.07) is 18.5. The average molecular weight is 256 g/mol. The van der Waals surface area contributed by atoms with E-state index in [2.05, 4.69) is 38.1 Å². The molecule has 0 bridgehead atoms. The van der Waals surface area contributed by atoms with Crippen molar-refractivity contribution in [2.45, 2.75) is 19.8 Å². The normalized spacial score (nSPS) is 12.4. The summed E-state index contributed by atoms with van der Waals surface area (Å²) in [6.07, 6.45) is 0. The molecule has 0 radical (unpaired) electrons. The van der Waals surface area contributed by atoms with Gasteiger partial charge in [0.15, 0.2) is 0 Å². The van der Waals surface area contributed by atoms with Gasteiger partial charge in [0, 0.05) is 8.03 Å². The monoisotopic (exact) mass is 256 g/mol. The Labute approximate surface area is 111 Å². The highest BCUT2D eigenvalue weighted by molar-refractivity contribution is 7.89. The fraction of sp³-hybridized carbons (Fsp3) is 0.200. The van der Waals surface area contributed by atoms with E-state index in [1.54, 1.807) is 0 Å². The minimum Gasteiger partial charge on any atom is -0.379 e. The van der Waals surface area contributed by atoms with Crippen LogP contribution in [0.3, 0.4) is 0 Å². The lowest BCUT2D eigenvalue weighted by Crippen LogP contribution is -2.17. The van der Waals surface area contributed by atoms with Gasteiger partial charge in [0.25, 0.3) is 0 Å². The van der Waals surface area contributed by atoms with Crippen molar-refractivity contribution in [2.75, 3.05) is 0 Å². The van der Waals surface area contributed by atoms with Gasteiger partial charge in [0.05, 0.1) is 0 Å². The molecule has 18 heavy (non-hydrogen) atoms. The summed E-state index contributed by atoms with van der Waals surface area (Å²) in [5.41, 5.74) is 2.56. The lowest BCUT2D eigenvalue weighted by atomic mass is 9.90. The van der Waals surface area contributed by atoms with Crippen molar-refractivity contribution in [2.24, 2.45) is 0 Å². The van der Waals surface area contributed by atoms with Crippen molar-refractivity contribution >= 4 is 25.8 Å². The molecule has 1 nitrogen and oxygen atoms in total. The highest BCUT2D eigenvalue weighted by Gasteiger charge is 2.11. The minimum absolute atomic E-state index is 0.534. The molecule has 0 aromatic heterocycles. The number of hydrogen-bond acceptors (Lipinski definition) is 1. The Kier molecular flexibility index (Phi) is 4.57. The van der Waals surface area contributed by atoms with E-state index in [1.165, 1.54) is 11.0 Å². The summed E-state index contributed by atoms with van der Waals surface area (Å²) in [5, 5.41) is 1.04. The molecule has 0 amide bonds. The molecule has 2 aromatic carbocycles. The van der Waals surface area contributed by atoms with Gasteiger partial charge in [-0.05, 0) is 16.8 Å². The van der Waals surface area contributed by atoms with E-state index in [0.29, 0.717) is 5.92 Å². The van der Waals surface area contributed by atoms with Crippen LogP contribution >= 0.6 is 8.03 Å². The Hall–Kier alpha value is -1.11. The highest BCUT2D eigenvalue weighted by atomic mass is 31.1. The molecule has 2 rings (SSSR count). The maximum Gasteiger partial charge on any atom is 0.226 e. The Balaban J connectivity index is 2.12. The quantitative estimate of drug-likeness (QED) is 0.658. The second kappa shape index (κ2) is 6.18. The van der Waals surface area contributed by atoms with Crippen molar-refractivity contribution in [3.63, 3.8) is 0 Å². The molecule has 1 N–H and O–H groups in total. The van der Waals surface area contributed by atoms with Gasteiger partial charge in [-0.3, -0.25) is 0 Å². The summed E-state index contributed by atoms with van der Waals surface area (Å²) in [6.45, 7) is 5.12. The van der Waals surface area contributed by atoms with Crippen LogP contribution in [0.5, 0.6) is 0 Å². The molecular formula is C15H18BOP. The minimum atomic E-state index is -1.08. The van der Waals surface area contributed by atoms with Crippen LogP contribution in [0.1, 0.15) is 25.3 Å². The third-order valence-electron chi connectivity index (χ3n) is 3.00. The van der Waals surface area contributed by atoms with Gasteiger partial charge < -0.3 is 4.89 Å². The molecule has 1 unspecified atom stereocenters. The van der Waals surface area contributed by atoms with Crippen LogP contribution < -0.4 is 10.8 Å². The smallest absolute Gasteiger partial charge is 0.226 e. The first-order valence-corrected chi connectivity index (χ1v) is 7.75. The Morgan fingerprint density at radius 3 is 2.39 bits per heavy atom. The van der Waals surface area contributed by atoms with Gasteiger partial charge in [-0.25, -0.2) is 0 Å². The van der Waals surface area contributed by atoms with E-state index >= 15 is 0 Å². The molecule has 0 aliphatic rings. The van der Waals surface area contributed by atoms with E-state index in [4.69, 9.17) is 0 Å². The van der Waals surface area contributed by atoms with Crippen LogP contribution in [-0.2, 0) is 0 Å². The molecule has 0 aliphatic carbocycles. The second-order valence-corrected chi connectivity index (χ2v) is 6.42.